The number of rotatable bonds is 6. The molecule has 0 fully saturated rings. The summed E-state index contributed by atoms with van der Waals surface area (Å²) in [7, 11) is 2.03. The van der Waals surface area contributed by atoms with Gasteiger partial charge in [0.15, 0.2) is 0 Å². The van der Waals surface area contributed by atoms with Crippen LogP contribution in [0.3, 0.4) is 0 Å². The highest BCUT2D eigenvalue weighted by Crippen LogP contribution is 2.06. The van der Waals surface area contributed by atoms with Gasteiger partial charge >= 0.3 is 0 Å². The quantitative estimate of drug-likeness (QED) is 0.846. The summed E-state index contributed by atoms with van der Waals surface area (Å²) >= 11 is 0. The van der Waals surface area contributed by atoms with Crippen molar-refractivity contribution in [3.8, 4) is 0 Å². The maximum atomic E-state index is 4.36. The zero-order chi connectivity index (χ0) is 13.0. The molecule has 2 rings (SSSR count). The Morgan fingerprint density at radius 1 is 1.33 bits per heavy atom. The minimum absolute atomic E-state index is 0.683. The van der Waals surface area contributed by atoms with E-state index in [1.807, 2.05) is 19.4 Å². The van der Waals surface area contributed by atoms with Gasteiger partial charge in [-0.25, -0.2) is 4.98 Å². The van der Waals surface area contributed by atoms with E-state index in [0.717, 1.165) is 25.5 Å². The van der Waals surface area contributed by atoms with Gasteiger partial charge in [0.1, 0.15) is 5.82 Å². The molecular weight excluding hydrogens is 224 g/mol. The van der Waals surface area contributed by atoms with Gasteiger partial charge in [0.25, 0.3) is 0 Å². The van der Waals surface area contributed by atoms with Crippen LogP contribution in [0.25, 0.3) is 0 Å². The van der Waals surface area contributed by atoms with E-state index in [2.05, 4.69) is 51.6 Å². The van der Waals surface area contributed by atoms with E-state index < -0.39 is 0 Å². The number of aromatic nitrogens is 3. The molecule has 0 aromatic carbocycles. The second-order valence-electron chi connectivity index (χ2n) is 5.11. The van der Waals surface area contributed by atoms with E-state index in [1.54, 1.807) is 0 Å². The topological polar surface area (TPSA) is 34.8 Å². The molecular formula is C14H22N4. The van der Waals surface area contributed by atoms with Crippen molar-refractivity contribution in [1.82, 2.24) is 19.4 Å². The SMILES string of the molecule is CC(C)CNCc1cccn1Cc1nccn1C. The third-order valence-electron chi connectivity index (χ3n) is 3.01. The van der Waals surface area contributed by atoms with Gasteiger partial charge in [0.2, 0.25) is 0 Å². The van der Waals surface area contributed by atoms with Gasteiger partial charge in [0, 0.05) is 37.9 Å². The van der Waals surface area contributed by atoms with Crippen LogP contribution in [0.4, 0.5) is 0 Å². The minimum atomic E-state index is 0.683. The summed E-state index contributed by atoms with van der Waals surface area (Å²) in [6.45, 7) is 7.23. The second kappa shape index (κ2) is 5.87. The Labute approximate surface area is 109 Å². The van der Waals surface area contributed by atoms with Crippen LogP contribution in [-0.2, 0) is 20.1 Å². The van der Waals surface area contributed by atoms with Crippen LogP contribution < -0.4 is 5.32 Å². The lowest BCUT2D eigenvalue weighted by Gasteiger charge is -2.11. The molecule has 2 aromatic rings. The monoisotopic (exact) mass is 246 g/mol. The molecule has 0 unspecified atom stereocenters. The van der Waals surface area contributed by atoms with Crippen molar-refractivity contribution in [2.45, 2.75) is 26.9 Å². The predicted molar refractivity (Wildman–Crippen MR) is 73.3 cm³/mol. The first-order chi connectivity index (χ1) is 8.66. The lowest BCUT2D eigenvalue weighted by molar-refractivity contribution is 0.536. The highest BCUT2D eigenvalue weighted by atomic mass is 15.1. The van der Waals surface area contributed by atoms with Crippen molar-refractivity contribution in [2.75, 3.05) is 6.54 Å². The average Bonchev–Trinajstić information content (AvgIpc) is 2.90. The standard InChI is InChI=1S/C14H22N4/c1-12(2)9-15-10-13-5-4-7-18(13)11-14-16-6-8-17(14)3/h4-8,12,15H,9-11H2,1-3H3. The second-order valence-corrected chi connectivity index (χ2v) is 5.11. The van der Waals surface area contributed by atoms with Crippen molar-refractivity contribution in [3.05, 3.63) is 42.2 Å². The molecule has 2 heterocycles. The smallest absolute Gasteiger partial charge is 0.128 e. The summed E-state index contributed by atoms with van der Waals surface area (Å²) in [5, 5.41) is 3.47. The van der Waals surface area contributed by atoms with Crippen molar-refractivity contribution in [3.63, 3.8) is 0 Å². The summed E-state index contributed by atoms with van der Waals surface area (Å²) in [6.07, 6.45) is 5.94. The number of hydrogen-bond acceptors (Lipinski definition) is 2. The first-order valence-corrected chi connectivity index (χ1v) is 6.47. The largest absolute Gasteiger partial charge is 0.343 e. The first kappa shape index (κ1) is 12.9. The molecule has 2 aromatic heterocycles. The lowest BCUT2D eigenvalue weighted by atomic mass is 10.2. The van der Waals surface area contributed by atoms with Crippen LogP contribution in [0.15, 0.2) is 30.7 Å². The van der Waals surface area contributed by atoms with Crippen LogP contribution in [0, 0.1) is 5.92 Å². The van der Waals surface area contributed by atoms with Crippen LogP contribution in [0.2, 0.25) is 0 Å². The van der Waals surface area contributed by atoms with Crippen LogP contribution in [0.5, 0.6) is 0 Å². The van der Waals surface area contributed by atoms with E-state index in [1.165, 1.54) is 5.69 Å². The zero-order valence-corrected chi connectivity index (χ0v) is 11.4. The van der Waals surface area contributed by atoms with Gasteiger partial charge in [-0.05, 0) is 24.6 Å². The fourth-order valence-corrected chi connectivity index (χ4v) is 1.95. The molecule has 18 heavy (non-hydrogen) atoms. The Morgan fingerprint density at radius 2 is 2.17 bits per heavy atom. The normalized spacial score (nSPS) is 11.3. The first-order valence-electron chi connectivity index (χ1n) is 6.47. The Hall–Kier alpha value is -1.55. The van der Waals surface area contributed by atoms with E-state index >= 15 is 0 Å². The van der Waals surface area contributed by atoms with Gasteiger partial charge in [-0.2, -0.15) is 0 Å². The Morgan fingerprint density at radius 3 is 2.83 bits per heavy atom. The van der Waals surface area contributed by atoms with Gasteiger partial charge < -0.3 is 14.5 Å². The summed E-state index contributed by atoms with van der Waals surface area (Å²) in [4.78, 5) is 4.36. The Kier molecular flexibility index (Phi) is 4.20. The number of nitrogens with zero attached hydrogens (tertiary/aromatic N) is 3. The van der Waals surface area contributed by atoms with Gasteiger partial charge in [-0.15, -0.1) is 0 Å². The molecule has 0 atom stereocenters. The highest BCUT2D eigenvalue weighted by molar-refractivity contribution is 5.09. The Bertz CT molecular complexity index is 481. The zero-order valence-electron chi connectivity index (χ0n) is 11.4. The molecule has 0 amide bonds. The van der Waals surface area contributed by atoms with Crippen LogP contribution >= 0.6 is 0 Å². The Balaban J connectivity index is 1.97. The average molecular weight is 246 g/mol. The molecule has 4 heteroatoms. The van der Waals surface area contributed by atoms with Crippen molar-refractivity contribution in [2.24, 2.45) is 13.0 Å². The molecule has 0 aliphatic rings. The molecule has 4 nitrogen and oxygen atoms in total. The van der Waals surface area contributed by atoms with Gasteiger partial charge in [-0.1, -0.05) is 13.8 Å². The molecule has 1 N–H and O–H groups in total. The molecule has 0 saturated heterocycles. The predicted octanol–water partition coefficient (Wildman–Crippen LogP) is 2.02. The van der Waals surface area contributed by atoms with E-state index in [-0.39, 0.29) is 0 Å². The summed E-state index contributed by atoms with van der Waals surface area (Å²) in [5.41, 5.74) is 1.30. The fraction of sp³-hybridized carbons (Fsp3) is 0.500. The van der Waals surface area contributed by atoms with Gasteiger partial charge in [-0.3, -0.25) is 0 Å². The lowest BCUT2D eigenvalue weighted by Crippen LogP contribution is -2.21. The minimum Gasteiger partial charge on any atom is -0.343 e. The van der Waals surface area contributed by atoms with Crippen LogP contribution in [-0.4, -0.2) is 20.7 Å². The molecule has 0 radical (unpaired) electrons. The van der Waals surface area contributed by atoms with Crippen molar-refractivity contribution < 1.29 is 0 Å². The fourth-order valence-electron chi connectivity index (χ4n) is 1.95. The van der Waals surface area contributed by atoms with Crippen molar-refractivity contribution >= 4 is 0 Å². The number of imidazole rings is 1. The molecule has 0 aliphatic carbocycles. The maximum Gasteiger partial charge on any atom is 0.128 e. The van der Waals surface area contributed by atoms with Crippen molar-refractivity contribution in [1.29, 1.82) is 0 Å². The summed E-state index contributed by atoms with van der Waals surface area (Å²) in [5.74, 6) is 1.76. The van der Waals surface area contributed by atoms with E-state index in [9.17, 15) is 0 Å². The summed E-state index contributed by atoms with van der Waals surface area (Å²) < 4.78 is 4.31. The molecule has 0 saturated carbocycles. The third kappa shape index (κ3) is 3.23. The number of hydrogen-bond donors (Lipinski definition) is 1. The van der Waals surface area contributed by atoms with Gasteiger partial charge in [0.05, 0.1) is 6.54 Å². The molecule has 0 spiro atoms. The molecule has 98 valence electrons. The molecule has 0 aliphatic heterocycles. The van der Waals surface area contributed by atoms with E-state index in [4.69, 9.17) is 0 Å². The third-order valence-corrected chi connectivity index (χ3v) is 3.01. The van der Waals surface area contributed by atoms with Crippen LogP contribution in [0.1, 0.15) is 25.4 Å². The maximum absolute atomic E-state index is 4.36. The number of nitrogens with one attached hydrogen (secondary N) is 1. The number of aryl methyl sites for hydroxylation is 1. The van der Waals surface area contributed by atoms with E-state index in [0.29, 0.717) is 5.92 Å². The highest BCUT2D eigenvalue weighted by Gasteiger charge is 2.05. The molecule has 0 bridgehead atoms. The summed E-state index contributed by atoms with van der Waals surface area (Å²) in [6, 6.07) is 4.26.